The zero-order valence-electron chi connectivity index (χ0n) is 23.1. The van der Waals surface area contributed by atoms with Gasteiger partial charge in [-0.2, -0.15) is 4.98 Å². The number of ether oxygens (including phenoxy) is 4. The van der Waals surface area contributed by atoms with Crippen molar-refractivity contribution in [3.8, 4) is 11.5 Å². The molecule has 0 atom stereocenters. The molecule has 0 saturated heterocycles. The maximum atomic E-state index is 13.4. The van der Waals surface area contributed by atoms with Gasteiger partial charge in [-0.15, -0.1) is 0 Å². The van der Waals surface area contributed by atoms with Crippen LogP contribution in [0.5, 0.6) is 11.5 Å². The number of anilines is 2. The van der Waals surface area contributed by atoms with E-state index < -0.39 is 23.4 Å². The number of hydrogen-bond acceptors (Lipinski definition) is 11. The lowest BCUT2D eigenvalue weighted by atomic mass is 10.1. The van der Waals surface area contributed by atoms with Gasteiger partial charge < -0.3 is 34.1 Å². The highest BCUT2D eigenvalue weighted by atomic mass is 35.5. The fraction of sp³-hybridized carbons (Fsp3) is 0.214. The van der Waals surface area contributed by atoms with Crippen molar-refractivity contribution in [3.63, 3.8) is 0 Å². The molecule has 2 aromatic carbocycles. The van der Waals surface area contributed by atoms with Crippen molar-refractivity contribution < 1.29 is 33.3 Å². The minimum absolute atomic E-state index is 0.00102. The van der Waals surface area contributed by atoms with Crippen LogP contribution in [0.1, 0.15) is 20.7 Å². The summed E-state index contributed by atoms with van der Waals surface area (Å²) in [5.41, 5.74) is 0.392. The van der Waals surface area contributed by atoms with E-state index in [-0.39, 0.29) is 58.5 Å². The van der Waals surface area contributed by atoms with Gasteiger partial charge in [-0.1, -0.05) is 17.7 Å². The van der Waals surface area contributed by atoms with Crippen molar-refractivity contribution in [3.05, 3.63) is 80.4 Å². The molecule has 43 heavy (non-hydrogen) atoms. The van der Waals surface area contributed by atoms with Gasteiger partial charge in [0, 0.05) is 18.1 Å². The van der Waals surface area contributed by atoms with Gasteiger partial charge in [0.15, 0.2) is 18.2 Å². The van der Waals surface area contributed by atoms with Crippen LogP contribution in [0.4, 0.5) is 11.5 Å². The Labute approximate surface area is 254 Å². The number of esters is 2. The van der Waals surface area contributed by atoms with E-state index in [1.54, 1.807) is 18.2 Å². The van der Waals surface area contributed by atoms with Crippen molar-refractivity contribution in [1.82, 2.24) is 19.9 Å². The first-order valence-electron chi connectivity index (χ1n) is 12.5. The number of rotatable bonds is 11. The van der Waals surface area contributed by atoms with Crippen LogP contribution in [-0.4, -0.2) is 66.9 Å². The second kappa shape index (κ2) is 13.9. The third-order valence-corrected chi connectivity index (χ3v) is 6.53. The molecule has 0 saturated carbocycles. The SMILES string of the molecule is CNC(=O)COc1cc2cc(Nc3nc(Cl)ncc3Cl)ccc2n(CCOc2cccc(C(=O)OC)c2C(=O)OC)c1=O. The highest BCUT2D eigenvalue weighted by Gasteiger charge is 2.23. The number of amides is 1. The van der Waals surface area contributed by atoms with Crippen molar-refractivity contribution >= 4 is 63.5 Å². The van der Waals surface area contributed by atoms with E-state index in [1.807, 2.05) is 0 Å². The Morgan fingerprint density at radius 3 is 2.47 bits per heavy atom. The molecule has 0 aliphatic carbocycles. The van der Waals surface area contributed by atoms with Crippen LogP contribution in [0.15, 0.2) is 53.5 Å². The average molecular weight is 630 g/mol. The third-order valence-electron chi connectivity index (χ3n) is 6.07. The molecule has 1 amide bonds. The molecular formula is C28H25Cl2N5O8. The van der Waals surface area contributed by atoms with Gasteiger partial charge in [-0.3, -0.25) is 9.59 Å². The summed E-state index contributed by atoms with van der Waals surface area (Å²) in [6.07, 6.45) is 1.36. The second-order valence-corrected chi connectivity index (χ2v) is 9.42. The van der Waals surface area contributed by atoms with Gasteiger partial charge in [-0.25, -0.2) is 14.6 Å². The lowest BCUT2D eigenvalue weighted by molar-refractivity contribution is -0.122. The fourth-order valence-electron chi connectivity index (χ4n) is 4.04. The fourth-order valence-corrected chi connectivity index (χ4v) is 4.31. The number of benzene rings is 2. The molecule has 13 nitrogen and oxygen atoms in total. The molecular weight excluding hydrogens is 605 g/mol. The molecule has 0 aliphatic heterocycles. The van der Waals surface area contributed by atoms with E-state index >= 15 is 0 Å². The predicted molar refractivity (Wildman–Crippen MR) is 158 cm³/mol. The summed E-state index contributed by atoms with van der Waals surface area (Å²) in [6, 6.07) is 11.0. The predicted octanol–water partition coefficient (Wildman–Crippen LogP) is 3.62. The molecule has 0 spiro atoms. The Morgan fingerprint density at radius 1 is 0.977 bits per heavy atom. The molecule has 0 radical (unpaired) electrons. The first-order valence-corrected chi connectivity index (χ1v) is 13.3. The van der Waals surface area contributed by atoms with Gasteiger partial charge in [0.25, 0.3) is 11.5 Å². The van der Waals surface area contributed by atoms with Crippen molar-refractivity contribution in [2.75, 3.05) is 39.8 Å². The van der Waals surface area contributed by atoms with Crippen LogP contribution in [0, 0.1) is 0 Å². The number of carbonyl (C=O) groups is 3. The Bertz CT molecular complexity index is 1760. The monoisotopic (exact) mass is 629 g/mol. The maximum absolute atomic E-state index is 13.4. The number of hydrogen-bond donors (Lipinski definition) is 2. The summed E-state index contributed by atoms with van der Waals surface area (Å²) < 4.78 is 22.4. The Balaban J connectivity index is 1.69. The lowest BCUT2D eigenvalue weighted by Gasteiger charge is -2.17. The summed E-state index contributed by atoms with van der Waals surface area (Å²) in [7, 11) is 3.81. The molecule has 2 heterocycles. The average Bonchev–Trinajstić information content (AvgIpc) is 3.01. The van der Waals surface area contributed by atoms with Crippen LogP contribution in [-0.2, 0) is 20.8 Å². The number of nitrogens with one attached hydrogen (secondary N) is 2. The topological polar surface area (TPSA) is 160 Å². The first-order chi connectivity index (χ1) is 20.7. The van der Waals surface area contributed by atoms with Crippen LogP contribution < -0.4 is 25.7 Å². The molecule has 0 aliphatic rings. The Morgan fingerprint density at radius 2 is 1.74 bits per heavy atom. The van der Waals surface area contributed by atoms with E-state index in [0.29, 0.717) is 16.6 Å². The van der Waals surface area contributed by atoms with Gasteiger partial charge in [0.1, 0.15) is 22.9 Å². The summed E-state index contributed by atoms with van der Waals surface area (Å²) in [5.74, 6) is -1.72. The van der Waals surface area contributed by atoms with Crippen molar-refractivity contribution in [2.24, 2.45) is 0 Å². The van der Waals surface area contributed by atoms with Gasteiger partial charge in [-0.05, 0) is 48.0 Å². The molecule has 224 valence electrons. The van der Waals surface area contributed by atoms with Crippen LogP contribution in [0.2, 0.25) is 10.3 Å². The van der Waals surface area contributed by atoms with Gasteiger partial charge in [0.05, 0.1) is 38.0 Å². The number of carbonyl (C=O) groups excluding carboxylic acids is 3. The highest BCUT2D eigenvalue weighted by Crippen LogP contribution is 2.28. The number of pyridine rings is 1. The standard InChI is InChI=1S/C28H25Cl2N5O8/c1-31-22(36)14-43-21-12-15-11-16(33-24-18(29)13-32-28(30)34-24)7-8-19(15)35(25(21)37)9-10-42-20-6-4-5-17(26(38)40-2)23(20)27(39)41-3/h4-8,11-13H,9-10,14H2,1-3H3,(H,31,36)(H,32,33,34). The number of likely N-dealkylation sites (N-methyl/N-ethyl adjacent to an activating group) is 1. The highest BCUT2D eigenvalue weighted by molar-refractivity contribution is 6.33. The summed E-state index contributed by atoms with van der Waals surface area (Å²) in [4.78, 5) is 57.9. The van der Waals surface area contributed by atoms with E-state index in [2.05, 4.69) is 20.6 Å². The molecule has 4 aromatic rings. The molecule has 0 fully saturated rings. The minimum atomic E-state index is -0.798. The van der Waals surface area contributed by atoms with E-state index in [1.165, 1.54) is 56.3 Å². The van der Waals surface area contributed by atoms with E-state index in [4.69, 9.17) is 42.1 Å². The van der Waals surface area contributed by atoms with Crippen molar-refractivity contribution in [2.45, 2.75) is 6.54 Å². The third kappa shape index (κ3) is 7.13. The van der Waals surface area contributed by atoms with Crippen molar-refractivity contribution in [1.29, 1.82) is 0 Å². The number of methoxy groups -OCH3 is 2. The normalized spacial score (nSPS) is 10.6. The molecule has 15 heteroatoms. The second-order valence-electron chi connectivity index (χ2n) is 8.67. The van der Waals surface area contributed by atoms with Crippen LogP contribution >= 0.6 is 23.2 Å². The Kier molecular flexibility index (Phi) is 10.0. The van der Waals surface area contributed by atoms with E-state index in [0.717, 1.165) is 0 Å². The number of nitrogens with zero attached hydrogens (tertiary/aromatic N) is 3. The zero-order valence-corrected chi connectivity index (χ0v) is 24.6. The van der Waals surface area contributed by atoms with Crippen LogP contribution in [0.25, 0.3) is 10.9 Å². The van der Waals surface area contributed by atoms with Gasteiger partial charge in [0.2, 0.25) is 5.28 Å². The molecule has 4 rings (SSSR count). The maximum Gasteiger partial charge on any atom is 0.342 e. The van der Waals surface area contributed by atoms with Crippen LogP contribution in [0.3, 0.4) is 0 Å². The first kappa shape index (κ1) is 31.1. The molecule has 2 aromatic heterocycles. The largest absolute Gasteiger partial charge is 0.491 e. The number of halogens is 2. The summed E-state index contributed by atoms with van der Waals surface area (Å²) in [6.45, 7) is -0.489. The van der Waals surface area contributed by atoms with Gasteiger partial charge >= 0.3 is 11.9 Å². The molecule has 0 unspecified atom stereocenters. The lowest BCUT2D eigenvalue weighted by Crippen LogP contribution is -2.29. The number of fused-ring (bicyclic) bond motifs is 1. The summed E-state index contributed by atoms with van der Waals surface area (Å²) in [5, 5.41) is 6.29. The summed E-state index contributed by atoms with van der Waals surface area (Å²) >= 11 is 12.1. The smallest absolute Gasteiger partial charge is 0.342 e. The quantitative estimate of drug-likeness (QED) is 0.184. The van der Waals surface area contributed by atoms with E-state index in [9.17, 15) is 19.2 Å². The Hall–Kier alpha value is -4.88. The molecule has 0 bridgehead atoms. The number of aromatic nitrogens is 3. The molecule has 2 N–H and O–H groups in total. The zero-order chi connectivity index (χ0) is 31.1. The minimum Gasteiger partial charge on any atom is -0.491 e.